The van der Waals surface area contributed by atoms with E-state index in [9.17, 15) is 14.9 Å². The number of nitrogens with one attached hydrogen (secondary N) is 4. The maximum Gasteiger partial charge on any atom is 0.271 e. The number of hydrogen-bond donors (Lipinski definition) is 4. The topological polar surface area (TPSA) is 158 Å². The maximum absolute atomic E-state index is 11.7. The number of aromatic amines is 3. The molecular weight excluding hydrogens is 420 g/mol. The van der Waals surface area contributed by atoms with Crippen LogP contribution in [0.3, 0.4) is 0 Å². The van der Waals surface area contributed by atoms with Crippen LogP contribution in [0.4, 0.5) is 17.3 Å². The van der Waals surface area contributed by atoms with E-state index in [0.717, 1.165) is 10.6 Å². The molecule has 0 radical (unpaired) electrons. The quantitative estimate of drug-likeness (QED) is 0.185. The highest BCUT2D eigenvalue weighted by Gasteiger charge is 2.15. The number of nitro benzene ring substituents is 1. The minimum atomic E-state index is -0.464. The molecule has 0 aliphatic heterocycles. The van der Waals surface area contributed by atoms with Crippen molar-refractivity contribution < 1.29 is 4.92 Å². The molecule has 3 aromatic heterocycles. The van der Waals surface area contributed by atoms with Gasteiger partial charge in [-0.2, -0.15) is 5.10 Å². The fourth-order valence-corrected chi connectivity index (χ4v) is 3.94. The van der Waals surface area contributed by atoms with E-state index in [0.29, 0.717) is 38.6 Å². The summed E-state index contributed by atoms with van der Waals surface area (Å²) in [6.07, 6.45) is 0. The normalized spacial score (nSPS) is 11.3. The first kappa shape index (κ1) is 18.8. The van der Waals surface area contributed by atoms with Crippen molar-refractivity contribution in [2.75, 3.05) is 5.32 Å². The molecule has 0 saturated carbocycles. The molecule has 31 heavy (non-hydrogen) atoms. The van der Waals surface area contributed by atoms with Gasteiger partial charge >= 0.3 is 0 Å². The Labute approximate surface area is 177 Å². The maximum atomic E-state index is 11.7. The monoisotopic (exact) mass is 434 g/mol. The van der Waals surface area contributed by atoms with E-state index in [1.807, 2.05) is 19.1 Å². The molecule has 3 heterocycles. The Kier molecular flexibility index (Phi) is 4.40. The van der Waals surface area contributed by atoms with Crippen molar-refractivity contribution in [2.45, 2.75) is 17.0 Å². The van der Waals surface area contributed by atoms with Gasteiger partial charge in [0, 0.05) is 34.2 Å². The summed E-state index contributed by atoms with van der Waals surface area (Å²) in [5, 5.41) is 28.3. The zero-order valence-corrected chi connectivity index (χ0v) is 16.8. The number of rotatable bonds is 5. The molecule has 12 heteroatoms. The second-order valence-corrected chi connectivity index (χ2v) is 7.80. The lowest BCUT2D eigenvalue weighted by atomic mass is 10.2. The summed E-state index contributed by atoms with van der Waals surface area (Å²) in [4.78, 5) is 32.4. The molecule has 11 nitrogen and oxygen atoms in total. The van der Waals surface area contributed by atoms with Gasteiger partial charge in [0.2, 0.25) is 0 Å². The van der Waals surface area contributed by atoms with Crippen molar-refractivity contribution in [1.29, 1.82) is 0 Å². The fraction of sp³-hybridized carbons (Fsp3) is 0.0526. The van der Waals surface area contributed by atoms with E-state index >= 15 is 0 Å². The van der Waals surface area contributed by atoms with Crippen LogP contribution in [-0.2, 0) is 0 Å². The summed E-state index contributed by atoms with van der Waals surface area (Å²) >= 11 is 1.27. The molecule has 0 spiro atoms. The summed E-state index contributed by atoms with van der Waals surface area (Å²) in [6.45, 7) is 1.88. The minimum Gasteiger partial charge on any atom is -0.323 e. The Morgan fingerprint density at radius 2 is 1.90 bits per heavy atom. The zero-order chi connectivity index (χ0) is 21.5. The van der Waals surface area contributed by atoms with E-state index < -0.39 is 4.92 Å². The molecule has 0 saturated heterocycles. The van der Waals surface area contributed by atoms with Gasteiger partial charge in [-0.25, -0.2) is 9.97 Å². The average molecular weight is 434 g/mol. The Morgan fingerprint density at radius 3 is 2.68 bits per heavy atom. The van der Waals surface area contributed by atoms with Gasteiger partial charge in [-0.05, 0) is 43.0 Å². The molecule has 154 valence electrons. The molecule has 0 fully saturated rings. The van der Waals surface area contributed by atoms with Crippen molar-refractivity contribution >= 4 is 50.9 Å². The Morgan fingerprint density at radius 1 is 1.06 bits per heavy atom. The lowest BCUT2D eigenvalue weighted by Crippen LogP contribution is -2.00. The minimum absolute atomic E-state index is 0.0602. The lowest BCUT2D eigenvalue weighted by Gasteiger charge is -2.09. The SMILES string of the molecule is Cc1cc(Nc2nc(Sc3ccc4c(=O)[nH][nH]c4c3)nc3cc([N+](=O)[O-])ccc23)n[nH]1. The van der Waals surface area contributed by atoms with Gasteiger partial charge in [0.05, 0.1) is 21.3 Å². The summed E-state index contributed by atoms with van der Waals surface area (Å²) < 4.78 is 0. The van der Waals surface area contributed by atoms with Crippen LogP contribution in [0.5, 0.6) is 0 Å². The molecule has 0 aliphatic carbocycles. The van der Waals surface area contributed by atoms with Crippen LogP contribution in [0.15, 0.2) is 57.3 Å². The van der Waals surface area contributed by atoms with Gasteiger partial charge in [0.1, 0.15) is 5.82 Å². The third-order valence-electron chi connectivity index (χ3n) is 4.58. The average Bonchev–Trinajstić information content (AvgIpc) is 3.32. The molecule has 5 aromatic rings. The highest BCUT2D eigenvalue weighted by atomic mass is 32.2. The summed E-state index contributed by atoms with van der Waals surface area (Å²) in [7, 11) is 0. The number of benzene rings is 2. The number of aryl methyl sites for hydroxylation is 1. The highest BCUT2D eigenvalue weighted by molar-refractivity contribution is 7.99. The number of nitro groups is 1. The fourth-order valence-electron chi connectivity index (χ4n) is 3.14. The van der Waals surface area contributed by atoms with Crippen molar-refractivity contribution in [2.24, 2.45) is 0 Å². The number of aromatic nitrogens is 6. The Balaban J connectivity index is 1.59. The molecule has 4 N–H and O–H groups in total. The molecule has 0 atom stereocenters. The van der Waals surface area contributed by atoms with E-state index in [4.69, 9.17) is 0 Å². The third kappa shape index (κ3) is 3.59. The van der Waals surface area contributed by atoms with Crippen molar-refractivity contribution in [3.8, 4) is 0 Å². The lowest BCUT2D eigenvalue weighted by molar-refractivity contribution is -0.384. The van der Waals surface area contributed by atoms with E-state index in [-0.39, 0.29) is 11.2 Å². The first-order chi connectivity index (χ1) is 15.0. The van der Waals surface area contributed by atoms with Crippen molar-refractivity contribution in [3.05, 3.63) is 68.6 Å². The van der Waals surface area contributed by atoms with Crippen LogP contribution in [0, 0.1) is 17.0 Å². The van der Waals surface area contributed by atoms with Crippen LogP contribution >= 0.6 is 11.8 Å². The van der Waals surface area contributed by atoms with Crippen molar-refractivity contribution in [1.82, 2.24) is 30.4 Å². The first-order valence-corrected chi connectivity index (χ1v) is 9.91. The predicted octanol–water partition coefficient (Wildman–Crippen LogP) is 3.63. The number of H-pyrrole nitrogens is 3. The molecule has 0 aliphatic rings. The van der Waals surface area contributed by atoms with Gasteiger partial charge in [0.25, 0.3) is 11.2 Å². The highest BCUT2D eigenvalue weighted by Crippen LogP contribution is 2.32. The van der Waals surface area contributed by atoms with Gasteiger partial charge in [-0.3, -0.25) is 30.2 Å². The van der Waals surface area contributed by atoms with Gasteiger partial charge < -0.3 is 5.32 Å². The van der Waals surface area contributed by atoms with E-state index in [1.54, 1.807) is 18.2 Å². The molecule has 2 aromatic carbocycles. The van der Waals surface area contributed by atoms with Crippen LogP contribution in [0.25, 0.3) is 21.8 Å². The molecule has 0 bridgehead atoms. The van der Waals surface area contributed by atoms with Gasteiger partial charge in [-0.1, -0.05) is 0 Å². The zero-order valence-electron chi connectivity index (χ0n) is 16.0. The van der Waals surface area contributed by atoms with Crippen LogP contribution < -0.4 is 10.9 Å². The Hall–Kier alpha value is -4.19. The standard InChI is InChI=1S/C19H14N8O3S/c1-9-6-16(25-23-9)21-17-12-4-2-10(27(29)30)7-14(12)20-19(22-17)31-11-3-5-13-15(8-11)24-26-18(13)28/h2-8H,1H3,(H2,24,26,28)(H2,20,21,22,23,25). The van der Waals surface area contributed by atoms with E-state index in [1.165, 1.54) is 23.9 Å². The van der Waals surface area contributed by atoms with Gasteiger partial charge in [0.15, 0.2) is 11.0 Å². The smallest absolute Gasteiger partial charge is 0.271 e. The number of hydrogen-bond acceptors (Lipinski definition) is 8. The summed E-state index contributed by atoms with van der Waals surface area (Å²) in [5.74, 6) is 1.04. The molecule has 0 amide bonds. The molecule has 5 rings (SSSR count). The third-order valence-corrected chi connectivity index (χ3v) is 5.43. The number of fused-ring (bicyclic) bond motifs is 2. The van der Waals surface area contributed by atoms with E-state index in [2.05, 4.69) is 35.7 Å². The summed E-state index contributed by atoms with van der Waals surface area (Å²) in [6, 6.07) is 11.6. The number of anilines is 2. The number of nitrogens with zero attached hydrogens (tertiary/aromatic N) is 4. The Bertz CT molecular complexity index is 1520. The summed E-state index contributed by atoms with van der Waals surface area (Å²) in [5.41, 5.74) is 1.71. The molecule has 0 unspecified atom stereocenters. The largest absolute Gasteiger partial charge is 0.323 e. The van der Waals surface area contributed by atoms with Crippen LogP contribution in [-0.4, -0.2) is 35.3 Å². The second kappa shape index (κ2) is 7.25. The second-order valence-electron chi connectivity index (χ2n) is 6.76. The predicted molar refractivity (Wildman–Crippen MR) is 116 cm³/mol. The van der Waals surface area contributed by atoms with Gasteiger partial charge in [-0.15, -0.1) is 0 Å². The molecular formula is C19H14N8O3S. The van der Waals surface area contributed by atoms with Crippen LogP contribution in [0.2, 0.25) is 0 Å². The van der Waals surface area contributed by atoms with Crippen LogP contribution in [0.1, 0.15) is 5.69 Å². The first-order valence-electron chi connectivity index (χ1n) is 9.10. The van der Waals surface area contributed by atoms with Crippen molar-refractivity contribution in [3.63, 3.8) is 0 Å². The number of non-ortho nitro benzene ring substituents is 1.